The number of nitrogens with one attached hydrogen (secondary N) is 1. The van der Waals surface area contributed by atoms with Gasteiger partial charge in [-0.15, -0.1) is 0 Å². The Kier molecular flexibility index (Phi) is 3.86. The third-order valence-corrected chi connectivity index (χ3v) is 2.71. The van der Waals surface area contributed by atoms with Gasteiger partial charge in [0, 0.05) is 19.6 Å². The van der Waals surface area contributed by atoms with E-state index in [1.165, 1.54) is 12.8 Å². The highest BCUT2D eigenvalue weighted by molar-refractivity contribution is 5.80. The molecule has 0 spiro atoms. The summed E-state index contributed by atoms with van der Waals surface area (Å²) in [6.07, 6.45) is 4.23. The zero-order valence-electron chi connectivity index (χ0n) is 9.78. The number of nitrogens with zero attached hydrogens (tertiary/aromatic N) is 2. The molecule has 0 saturated carbocycles. The van der Waals surface area contributed by atoms with Crippen molar-refractivity contribution in [2.75, 3.05) is 19.6 Å². The number of guanidine groups is 1. The molecule has 2 rings (SSSR count). The summed E-state index contributed by atoms with van der Waals surface area (Å²) in [7, 11) is 0. The van der Waals surface area contributed by atoms with Gasteiger partial charge in [0.05, 0.1) is 6.26 Å². The minimum absolute atomic E-state index is 0.617. The van der Waals surface area contributed by atoms with E-state index in [0.717, 1.165) is 31.4 Å². The minimum Gasteiger partial charge on any atom is -0.467 e. The Labute approximate surface area is 96.3 Å². The van der Waals surface area contributed by atoms with Crippen LogP contribution < -0.4 is 5.32 Å². The van der Waals surface area contributed by atoms with Crippen LogP contribution >= 0.6 is 0 Å². The molecule has 1 fully saturated rings. The summed E-state index contributed by atoms with van der Waals surface area (Å²) in [4.78, 5) is 6.89. The van der Waals surface area contributed by atoms with Crippen LogP contribution in [0.3, 0.4) is 0 Å². The minimum atomic E-state index is 0.617. The number of hydrogen-bond donors (Lipinski definition) is 1. The van der Waals surface area contributed by atoms with Gasteiger partial charge in [0.15, 0.2) is 5.96 Å². The first-order chi connectivity index (χ1) is 7.90. The molecule has 0 amide bonds. The molecule has 4 nitrogen and oxygen atoms in total. The molecule has 4 heteroatoms. The van der Waals surface area contributed by atoms with Crippen LogP contribution in [0.1, 0.15) is 25.5 Å². The van der Waals surface area contributed by atoms with E-state index in [4.69, 9.17) is 4.42 Å². The van der Waals surface area contributed by atoms with Gasteiger partial charge in [-0.3, -0.25) is 0 Å². The zero-order valence-corrected chi connectivity index (χ0v) is 9.78. The number of aliphatic imine (C=N–C) groups is 1. The first-order valence-corrected chi connectivity index (χ1v) is 5.96. The van der Waals surface area contributed by atoms with Crippen molar-refractivity contribution in [2.24, 2.45) is 4.99 Å². The van der Waals surface area contributed by atoms with Crippen molar-refractivity contribution in [2.45, 2.75) is 26.3 Å². The molecule has 2 heterocycles. The fourth-order valence-electron chi connectivity index (χ4n) is 1.91. The van der Waals surface area contributed by atoms with Gasteiger partial charge in [-0.05, 0) is 31.9 Å². The maximum Gasteiger partial charge on any atom is 0.194 e. The van der Waals surface area contributed by atoms with Crippen molar-refractivity contribution >= 4 is 5.96 Å². The lowest BCUT2D eigenvalue weighted by atomic mass is 10.4. The summed E-state index contributed by atoms with van der Waals surface area (Å²) in [6, 6.07) is 3.85. The molecule has 1 saturated heterocycles. The fourth-order valence-corrected chi connectivity index (χ4v) is 1.91. The van der Waals surface area contributed by atoms with Gasteiger partial charge in [0.2, 0.25) is 0 Å². The molecule has 1 aromatic heterocycles. The van der Waals surface area contributed by atoms with E-state index in [1.54, 1.807) is 6.26 Å². The smallest absolute Gasteiger partial charge is 0.194 e. The number of hydrogen-bond acceptors (Lipinski definition) is 2. The normalized spacial score (nSPS) is 16.8. The third-order valence-electron chi connectivity index (χ3n) is 2.71. The molecular formula is C12H19N3O. The van der Waals surface area contributed by atoms with Crippen molar-refractivity contribution in [3.8, 4) is 0 Å². The van der Waals surface area contributed by atoms with Gasteiger partial charge in [0.1, 0.15) is 12.3 Å². The van der Waals surface area contributed by atoms with Gasteiger partial charge in [0.25, 0.3) is 0 Å². The second-order valence-electron chi connectivity index (χ2n) is 3.94. The number of likely N-dealkylation sites (tertiary alicyclic amines) is 1. The molecular weight excluding hydrogens is 202 g/mol. The van der Waals surface area contributed by atoms with E-state index < -0.39 is 0 Å². The molecule has 16 heavy (non-hydrogen) atoms. The van der Waals surface area contributed by atoms with Crippen LogP contribution in [-0.2, 0) is 6.54 Å². The van der Waals surface area contributed by atoms with Crippen molar-refractivity contribution in [1.82, 2.24) is 10.2 Å². The lowest BCUT2D eigenvalue weighted by Crippen LogP contribution is -2.39. The summed E-state index contributed by atoms with van der Waals surface area (Å²) in [6.45, 7) is 5.85. The quantitative estimate of drug-likeness (QED) is 0.625. The highest BCUT2D eigenvalue weighted by Crippen LogP contribution is 2.08. The highest BCUT2D eigenvalue weighted by Gasteiger charge is 2.15. The van der Waals surface area contributed by atoms with Gasteiger partial charge in [-0.2, -0.15) is 0 Å². The van der Waals surface area contributed by atoms with Crippen LogP contribution in [-0.4, -0.2) is 30.5 Å². The lowest BCUT2D eigenvalue weighted by Gasteiger charge is -2.20. The summed E-state index contributed by atoms with van der Waals surface area (Å²) in [5, 5.41) is 3.32. The van der Waals surface area contributed by atoms with Gasteiger partial charge < -0.3 is 14.6 Å². The summed E-state index contributed by atoms with van der Waals surface area (Å²) < 4.78 is 5.27. The molecule has 0 bridgehead atoms. The predicted octanol–water partition coefficient (Wildman–Crippen LogP) is 1.84. The molecule has 1 N–H and O–H groups in total. The Balaban J connectivity index is 1.97. The lowest BCUT2D eigenvalue weighted by molar-refractivity contribution is 0.483. The Bertz CT molecular complexity index is 326. The van der Waals surface area contributed by atoms with Crippen LogP contribution in [0.5, 0.6) is 0 Å². The number of rotatable bonds is 3. The Morgan fingerprint density at radius 2 is 2.31 bits per heavy atom. The molecule has 0 unspecified atom stereocenters. The Morgan fingerprint density at radius 1 is 1.50 bits per heavy atom. The van der Waals surface area contributed by atoms with Crippen molar-refractivity contribution < 1.29 is 4.42 Å². The van der Waals surface area contributed by atoms with Gasteiger partial charge in [-0.1, -0.05) is 0 Å². The van der Waals surface area contributed by atoms with Crippen LogP contribution in [0, 0.1) is 0 Å². The van der Waals surface area contributed by atoms with E-state index in [0.29, 0.717) is 6.54 Å². The first-order valence-electron chi connectivity index (χ1n) is 5.96. The average molecular weight is 221 g/mol. The molecule has 0 radical (unpaired) electrons. The topological polar surface area (TPSA) is 40.8 Å². The molecule has 88 valence electrons. The van der Waals surface area contributed by atoms with Crippen LogP contribution in [0.4, 0.5) is 0 Å². The van der Waals surface area contributed by atoms with Crippen molar-refractivity contribution in [1.29, 1.82) is 0 Å². The van der Waals surface area contributed by atoms with E-state index in [-0.39, 0.29) is 0 Å². The van der Waals surface area contributed by atoms with Gasteiger partial charge in [-0.25, -0.2) is 4.99 Å². The molecule has 1 aliphatic heterocycles. The van der Waals surface area contributed by atoms with E-state index in [9.17, 15) is 0 Å². The number of furan rings is 1. The standard InChI is InChI=1S/C12H19N3O/c1-2-13-12(15-7-3-4-8-15)14-10-11-6-5-9-16-11/h5-6,9H,2-4,7-8,10H2,1H3,(H,13,14). The predicted molar refractivity (Wildman–Crippen MR) is 64.3 cm³/mol. The Morgan fingerprint density at radius 3 is 2.94 bits per heavy atom. The first kappa shape index (κ1) is 11.0. The van der Waals surface area contributed by atoms with Crippen LogP contribution in [0.25, 0.3) is 0 Å². The molecule has 0 aromatic carbocycles. The van der Waals surface area contributed by atoms with Crippen molar-refractivity contribution in [3.63, 3.8) is 0 Å². The maximum absolute atomic E-state index is 5.27. The zero-order chi connectivity index (χ0) is 11.2. The molecule has 1 aliphatic rings. The van der Waals surface area contributed by atoms with Crippen LogP contribution in [0.15, 0.2) is 27.8 Å². The summed E-state index contributed by atoms with van der Waals surface area (Å²) in [5.41, 5.74) is 0. The Hall–Kier alpha value is -1.45. The van der Waals surface area contributed by atoms with E-state index in [1.807, 2.05) is 12.1 Å². The van der Waals surface area contributed by atoms with Crippen molar-refractivity contribution in [3.05, 3.63) is 24.2 Å². The second-order valence-corrected chi connectivity index (χ2v) is 3.94. The fraction of sp³-hybridized carbons (Fsp3) is 0.583. The third kappa shape index (κ3) is 2.78. The molecule has 0 atom stereocenters. The second kappa shape index (κ2) is 5.58. The summed E-state index contributed by atoms with van der Waals surface area (Å²) in [5.74, 6) is 1.92. The monoisotopic (exact) mass is 221 g/mol. The van der Waals surface area contributed by atoms with E-state index >= 15 is 0 Å². The van der Waals surface area contributed by atoms with E-state index in [2.05, 4.69) is 22.1 Å². The van der Waals surface area contributed by atoms with Crippen LogP contribution in [0.2, 0.25) is 0 Å². The summed E-state index contributed by atoms with van der Waals surface area (Å²) >= 11 is 0. The molecule has 1 aromatic rings. The van der Waals surface area contributed by atoms with Gasteiger partial charge >= 0.3 is 0 Å². The molecule has 0 aliphatic carbocycles. The largest absolute Gasteiger partial charge is 0.467 e. The average Bonchev–Trinajstić information content (AvgIpc) is 2.96. The highest BCUT2D eigenvalue weighted by atomic mass is 16.3. The SMILES string of the molecule is CCNC(=NCc1ccco1)N1CCCC1. The maximum atomic E-state index is 5.27.